The molecule has 0 spiro atoms. The molecule has 0 aliphatic carbocycles. The Labute approximate surface area is 154 Å². The minimum atomic E-state index is -3.73. The largest absolute Gasteiger partial charge is 0.463 e. The molecule has 3 aromatic heterocycles. The molecule has 4 aromatic rings. The summed E-state index contributed by atoms with van der Waals surface area (Å²) in [5, 5.41) is 0.239. The van der Waals surface area contributed by atoms with Crippen LogP contribution in [-0.4, -0.2) is 13.4 Å². The van der Waals surface area contributed by atoms with Crippen LogP contribution in [0.4, 0.5) is 5.13 Å². The molecule has 0 amide bonds. The number of furan rings is 2. The number of thiazole rings is 1. The molecule has 0 fully saturated rings. The number of hydrogen-bond acceptors (Lipinski definition) is 6. The Hall–Kier alpha value is -2.84. The minimum Gasteiger partial charge on any atom is -0.463 e. The van der Waals surface area contributed by atoms with Gasteiger partial charge >= 0.3 is 0 Å². The smallest absolute Gasteiger partial charge is 0.263 e. The second kappa shape index (κ2) is 6.47. The zero-order valence-electron chi connectivity index (χ0n) is 13.7. The van der Waals surface area contributed by atoms with Gasteiger partial charge in [-0.3, -0.25) is 4.72 Å². The lowest BCUT2D eigenvalue weighted by atomic mass is 10.2. The van der Waals surface area contributed by atoms with E-state index in [9.17, 15) is 8.42 Å². The van der Waals surface area contributed by atoms with Gasteiger partial charge in [0.1, 0.15) is 16.3 Å². The fourth-order valence-corrected chi connectivity index (χ4v) is 4.58. The molecule has 4 rings (SSSR count). The van der Waals surface area contributed by atoms with Gasteiger partial charge in [0.25, 0.3) is 10.0 Å². The minimum absolute atomic E-state index is 0.178. The maximum atomic E-state index is 12.6. The van der Waals surface area contributed by atoms with Gasteiger partial charge in [0.15, 0.2) is 10.9 Å². The van der Waals surface area contributed by atoms with Crippen LogP contribution >= 0.6 is 11.3 Å². The van der Waals surface area contributed by atoms with Crippen molar-refractivity contribution >= 4 is 26.5 Å². The van der Waals surface area contributed by atoms with Crippen LogP contribution in [0.5, 0.6) is 0 Å². The van der Waals surface area contributed by atoms with Crippen LogP contribution in [0.15, 0.2) is 74.8 Å². The number of nitrogens with one attached hydrogen (secondary N) is 1. The third kappa shape index (κ3) is 3.16. The highest BCUT2D eigenvalue weighted by molar-refractivity contribution is 7.93. The number of rotatable bonds is 5. The Balaban J connectivity index is 1.74. The van der Waals surface area contributed by atoms with E-state index in [4.69, 9.17) is 8.83 Å². The number of sulfonamides is 1. The quantitative estimate of drug-likeness (QED) is 0.534. The van der Waals surface area contributed by atoms with Gasteiger partial charge in [0, 0.05) is 0 Å². The summed E-state index contributed by atoms with van der Waals surface area (Å²) in [6.07, 6.45) is 3.09. The van der Waals surface area contributed by atoms with E-state index in [1.807, 2.05) is 6.92 Å². The number of benzene rings is 1. The first kappa shape index (κ1) is 16.6. The molecule has 0 aliphatic heterocycles. The standard InChI is InChI=1S/C18H14N2O4S2/c1-12-6-8-13(9-7-12)26(21,22)20-18-19-16(14-4-2-10-23-14)17(25-18)15-5-3-11-24-15/h2-11H,1H3,(H,19,20). The second-order valence-electron chi connectivity index (χ2n) is 5.57. The van der Waals surface area contributed by atoms with Gasteiger partial charge in [-0.05, 0) is 43.3 Å². The molecule has 0 atom stereocenters. The molecule has 1 N–H and O–H groups in total. The Morgan fingerprint density at radius 3 is 2.23 bits per heavy atom. The number of hydrogen-bond donors (Lipinski definition) is 1. The van der Waals surface area contributed by atoms with E-state index < -0.39 is 10.0 Å². The lowest BCUT2D eigenvalue weighted by Crippen LogP contribution is -2.12. The van der Waals surface area contributed by atoms with E-state index in [1.54, 1.807) is 54.8 Å². The van der Waals surface area contributed by atoms with Crippen molar-refractivity contribution in [3.05, 3.63) is 66.6 Å². The van der Waals surface area contributed by atoms with E-state index in [1.165, 1.54) is 17.6 Å². The van der Waals surface area contributed by atoms with Crippen molar-refractivity contribution in [1.29, 1.82) is 0 Å². The lowest BCUT2D eigenvalue weighted by Gasteiger charge is -2.05. The van der Waals surface area contributed by atoms with Crippen LogP contribution in [-0.2, 0) is 10.0 Å². The molecule has 0 aliphatic rings. The van der Waals surface area contributed by atoms with Gasteiger partial charge in [-0.1, -0.05) is 29.0 Å². The Kier molecular flexibility index (Phi) is 4.14. The van der Waals surface area contributed by atoms with Crippen molar-refractivity contribution in [2.45, 2.75) is 11.8 Å². The first-order valence-corrected chi connectivity index (χ1v) is 10.0. The summed E-state index contributed by atoms with van der Waals surface area (Å²) >= 11 is 1.19. The molecule has 0 saturated carbocycles. The molecule has 26 heavy (non-hydrogen) atoms. The Bertz CT molecular complexity index is 1060. The maximum Gasteiger partial charge on any atom is 0.263 e. The summed E-state index contributed by atoms with van der Waals surface area (Å²) in [6, 6.07) is 13.7. The molecule has 0 bridgehead atoms. The van der Waals surface area contributed by atoms with Crippen LogP contribution in [0, 0.1) is 6.92 Å². The van der Waals surface area contributed by atoms with Gasteiger partial charge in [0.2, 0.25) is 0 Å². The molecular weight excluding hydrogens is 372 g/mol. The van der Waals surface area contributed by atoms with Crippen LogP contribution in [0.1, 0.15) is 5.56 Å². The number of anilines is 1. The summed E-state index contributed by atoms with van der Waals surface area (Å²) in [5.41, 5.74) is 1.51. The molecule has 3 heterocycles. The third-order valence-corrected chi connectivity index (χ3v) is 6.15. The van der Waals surface area contributed by atoms with Crippen LogP contribution in [0.25, 0.3) is 22.1 Å². The van der Waals surface area contributed by atoms with E-state index in [2.05, 4.69) is 9.71 Å². The average Bonchev–Trinajstić information content (AvgIpc) is 3.36. The topological polar surface area (TPSA) is 85.3 Å². The van der Waals surface area contributed by atoms with E-state index in [0.717, 1.165) is 5.56 Å². The summed E-state index contributed by atoms with van der Waals surface area (Å²) in [6.45, 7) is 1.90. The monoisotopic (exact) mass is 386 g/mol. The van der Waals surface area contributed by atoms with E-state index >= 15 is 0 Å². The first-order chi connectivity index (χ1) is 12.5. The molecule has 0 radical (unpaired) electrons. The Morgan fingerprint density at radius 1 is 0.962 bits per heavy atom. The third-order valence-electron chi connectivity index (χ3n) is 3.68. The highest BCUT2D eigenvalue weighted by Gasteiger charge is 2.22. The summed E-state index contributed by atoms with van der Waals surface area (Å²) in [7, 11) is -3.73. The molecule has 8 heteroatoms. The highest BCUT2D eigenvalue weighted by atomic mass is 32.2. The zero-order chi connectivity index (χ0) is 18.1. The normalized spacial score (nSPS) is 11.6. The predicted octanol–water partition coefficient (Wildman–Crippen LogP) is 4.77. The van der Waals surface area contributed by atoms with Crippen LogP contribution in [0.2, 0.25) is 0 Å². The van der Waals surface area contributed by atoms with Gasteiger partial charge in [0.05, 0.1) is 17.4 Å². The molecule has 6 nitrogen and oxygen atoms in total. The molecule has 1 aromatic carbocycles. The van der Waals surface area contributed by atoms with Gasteiger partial charge in [-0.2, -0.15) is 0 Å². The van der Waals surface area contributed by atoms with Crippen molar-refractivity contribution in [1.82, 2.24) is 4.98 Å². The average molecular weight is 386 g/mol. The summed E-state index contributed by atoms with van der Waals surface area (Å²) in [4.78, 5) is 5.28. The molecule has 0 saturated heterocycles. The zero-order valence-corrected chi connectivity index (χ0v) is 15.3. The van der Waals surface area contributed by atoms with Gasteiger partial charge < -0.3 is 8.83 Å². The van der Waals surface area contributed by atoms with Gasteiger partial charge in [-0.25, -0.2) is 13.4 Å². The fraction of sp³-hybridized carbons (Fsp3) is 0.0556. The van der Waals surface area contributed by atoms with Gasteiger partial charge in [-0.15, -0.1) is 0 Å². The SMILES string of the molecule is Cc1ccc(S(=O)(=O)Nc2nc(-c3ccco3)c(-c3ccco3)s2)cc1. The fourth-order valence-electron chi connectivity index (χ4n) is 2.41. The van der Waals surface area contributed by atoms with Crippen molar-refractivity contribution in [3.63, 3.8) is 0 Å². The van der Waals surface area contributed by atoms with Crippen molar-refractivity contribution in [3.8, 4) is 22.1 Å². The number of nitrogens with zero attached hydrogens (tertiary/aromatic N) is 1. The Morgan fingerprint density at radius 2 is 1.62 bits per heavy atom. The van der Waals surface area contributed by atoms with E-state index in [0.29, 0.717) is 22.1 Å². The predicted molar refractivity (Wildman–Crippen MR) is 99.5 cm³/mol. The molecular formula is C18H14N2O4S2. The molecule has 0 unspecified atom stereocenters. The first-order valence-electron chi connectivity index (χ1n) is 7.71. The number of aryl methyl sites for hydroxylation is 1. The lowest BCUT2D eigenvalue weighted by molar-refractivity contribution is 0.575. The van der Waals surface area contributed by atoms with Crippen LogP contribution < -0.4 is 4.72 Å². The van der Waals surface area contributed by atoms with Crippen LogP contribution in [0.3, 0.4) is 0 Å². The number of aromatic nitrogens is 1. The highest BCUT2D eigenvalue weighted by Crippen LogP contribution is 2.39. The molecule has 132 valence electrons. The van der Waals surface area contributed by atoms with Crippen molar-refractivity contribution in [2.24, 2.45) is 0 Å². The maximum absolute atomic E-state index is 12.6. The van der Waals surface area contributed by atoms with Crippen molar-refractivity contribution < 1.29 is 17.3 Å². The summed E-state index contributed by atoms with van der Waals surface area (Å²) < 4.78 is 38.6. The van der Waals surface area contributed by atoms with Crippen molar-refractivity contribution in [2.75, 3.05) is 4.72 Å². The summed E-state index contributed by atoms with van der Waals surface area (Å²) in [5.74, 6) is 1.13. The second-order valence-corrected chi connectivity index (χ2v) is 8.25. The van der Waals surface area contributed by atoms with E-state index in [-0.39, 0.29) is 10.0 Å².